The lowest BCUT2D eigenvalue weighted by molar-refractivity contribution is 0.191. The van der Waals surface area contributed by atoms with Gasteiger partial charge in [-0.3, -0.25) is 0 Å². The summed E-state index contributed by atoms with van der Waals surface area (Å²) >= 11 is 0. The number of hydrogen-bond acceptors (Lipinski definition) is 1. The molecule has 0 aliphatic heterocycles. The molecule has 1 N–H and O–H groups in total. The quantitative estimate of drug-likeness (QED) is 0.724. The Kier molecular flexibility index (Phi) is 7.18. The largest absolute Gasteiger partial charge is 0.335 e. The first-order valence-electron chi connectivity index (χ1n) is 6.08. The molecule has 0 spiro atoms. The second kappa shape index (κ2) is 7.55. The molecule has 90 valence electrons. The molecule has 0 saturated heterocycles. The first-order valence-corrected chi connectivity index (χ1v) is 6.08. The van der Waals surface area contributed by atoms with Gasteiger partial charge in [0.2, 0.25) is 0 Å². The predicted molar refractivity (Wildman–Crippen MR) is 65.0 cm³/mol. The minimum atomic E-state index is 0.0832. The summed E-state index contributed by atoms with van der Waals surface area (Å²) in [7, 11) is 0. The fraction of sp³-hybridized carbons (Fsp3) is 0.917. The predicted octanol–water partition coefficient (Wildman–Crippen LogP) is 2.86. The number of rotatable bonds is 6. The van der Waals surface area contributed by atoms with E-state index in [1.54, 1.807) is 0 Å². The Bertz CT molecular complexity index is 174. The molecule has 0 rings (SSSR count). The molecule has 0 aliphatic rings. The van der Waals surface area contributed by atoms with Gasteiger partial charge in [-0.05, 0) is 25.7 Å². The average molecular weight is 214 g/mol. The molecule has 0 aliphatic carbocycles. The Hall–Kier alpha value is -0.730. The Morgan fingerprint density at radius 3 is 1.93 bits per heavy atom. The van der Waals surface area contributed by atoms with Gasteiger partial charge < -0.3 is 10.2 Å². The number of urea groups is 1. The summed E-state index contributed by atoms with van der Waals surface area (Å²) in [6.07, 6.45) is 2.03. The molecule has 3 nitrogen and oxygen atoms in total. The molecule has 0 aromatic rings. The van der Waals surface area contributed by atoms with Crippen molar-refractivity contribution in [1.29, 1.82) is 0 Å². The van der Waals surface area contributed by atoms with Gasteiger partial charge in [0, 0.05) is 19.1 Å². The van der Waals surface area contributed by atoms with Crippen molar-refractivity contribution >= 4 is 6.03 Å². The minimum Gasteiger partial charge on any atom is -0.335 e. The first kappa shape index (κ1) is 14.3. The molecule has 0 bridgehead atoms. The monoisotopic (exact) mass is 214 g/mol. The van der Waals surface area contributed by atoms with Crippen LogP contribution >= 0.6 is 0 Å². The lowest BCUT2D eigenvalue weighted by atomic mass is 10.1. The molecule has 0 aromatic carbocycles. The van der Waals surface area contributed by atoms with E-state index in [9.17, 15) is 4.79 Å². The maximum absolute atomic E-state index is 11.9. The van der Waals surface area contributed by atoms with Gasteiger partial charge in [-0.2, -0.15) is 0 Å². The van der Waals surface area contributed by atoms with Crippen LogP contribution in [0, 0.1) is 5.92 Å². The molecule has 15 heavy (non-hydrogen) atoms. The van der Waals surface area contributed by atoms with Crippen molar-refractivity contribution in [2.24, 2.45) is 5.92 Å². The number of carbonyl (C=O) groups is 1. The van der Waals surface area contributed by atoms with E-state index in [0.29, 0.717) is 5.92 Å². The van der Waals surface area contributed by atoms with Crippen molar-refractivity contribution in [2.45, 2.75) is 53.5 Å². The number of amides is 2. The van der Waals surface area contributed by atoms with Gasteiger partial charge in [-0.25, -0.2) is 4.79 Å². The topological polar surface area (TPSA) is 32.3 Å². The van der Waals surface area contributed by atoms with E-state index in [0.717, 1.165) is 25.9 Å². The van der Waals surface area contributed by atoms with Crippen molar-refractivity contribution in [3.8, 4) is 0 Å². The third-order valence-electron chi connectivity index (χ3n) is 2.63. The summed E-state index contributed by atoms with van der Waals surface area (Å²) < 4.78 is 0. The molecule has 0 saturated carbocycles. The van der Waals surface area contributed by atoms with Crippen LogP contribution in [0.15, 0.2) is 0 Å². The molecule has 0 radical (unpaired) electrons. The third kappa shape index (κ3) is 5.65. The smallest absolute Gasteiger partial charge is 0.317 e. The van der Waals surface area contributed by atoms with Crippen molar-refractivity contribution in [3.05, 3.63) is 0 Å². The maximum Gasteiger partial charge on any atom is 0.317 e. The fourth-order valence-corrected chi connectivity index (χ4v) is 1.31. The second-order valence-corrected chi connectivity index (χ2v) is 4.47. The van der Waals surface area contributed by atoms with Crippen LogP contribution in [-0.2, 0) is 0 Å². The van der Waals surface area contributed by atoms with Crippen LogP contribution in [0.2, 0.25) is 0 Å². The van der Waals surface area contributed by atoms with E-state index in [1.807, 2.05) is 4.90 Å². The van der Waals surface area contributed by atoms with Crippen LogP contribution in [0.3, 0.4) is 0 Å². The summed E-state index contributed by atoms with van der Waals surface area (Å²) in [4.78, 5) is 13.8. The van der Waals surface area contributed by atoms with E-state index >= 15 is 0 Å². The lowest BCUT2D eigenvalue weighted by Gasteiger charge is -2.25. The average Bonchev–Trinajstić information content (AvgIpc) is 2.17. The molecule has 0 heterocycles. The third-order valence-corrected chi connectivity index (χ3v) is 2.63. The van der Waals surface area contributed by atoms with E-state index in [2.05, 4.69) is 39.9 Å². The van der Waals surface area contributed by atoms with Crippen molar-refractivity contribution < 1.29 is 4.79 Å². The van der Waals surface area contributed by atoms with Gasteiger partial charge >= 0.3 is 6.03 Å². The van der Waals surface area contributed by atoms with E-state index in [4.69, 9.17) is 0 Å². The van der Waals surface area contributed by atoms with Gasteiger partial charge in [0.1, 0.15) is 0 Å². The van der Waals surface area contributed by atoms with Gasteiger partial charge in [-0.15, -0.1) is 0 Å². The molecule has 3 heteroatoms. The van der Waals surface area contributed by atoms with Crippen molar-refractivity contribution in [1.82, 2.24) is 10.2 Å². The number of nitrogens with one attached hydrogen (secondary N) is 1. The summed E-state index contributed by atoms with van der Waals surface area (Å²) in [5.41, 5.74) is 0. The highest BCUT2D eigenvalue weighted by Gasteiger charge is 2.15. The fourth-order valence-electron chi connectivity index (χ4n) is 1.31. The molecule has 0 fully saturated rings. The summed E-state index contributed by atoms with van der Waals surface area (Å²) in [6, 6.07) is 0.327. The van der Waals surface area contributed by atoms with Crippen LogP contribution in [0.25, 0.3) is 0 Å². The van der Waals surface area contributed by atoms with E-state index in [1.165, 1.54) is 0 Å². The normalized spacial score (nSPS) is 12.7. The number of hydrogen-bond donors (Lipinski definition) is 1. The molecule has 2 amide bonds. The van der Waals surface area contributed by atoms with Crippen molar-refractivity contribution in [2.75, 3.05) is 13.1 Å². The number of carbonyl (C=O) groups excluding carboxylic acids is 1. The zero-order valence-electron chi connectivity index (χ0n) is 10.8. The number of nitrogens with zero attached hydrogens (tertiary/aromatic N) is 1. The Morgan fingerprint density at radius 1 is 1.13 bits per heavy atom. The Balaban J connectivity index is 4.12. The standard InChI is InChI=1S/C12H26N2O/c1-6-8-14(9-7-2)12(15)13-11(5)10(3)4/h10-11H,6-9H2,1-5H3,(H,13,15). The van der Waals surface area contributed by atoms with Crippen LogP contribution in [0.4, 0.5) is 4.79 Å². The van der Waals surface area contributed by atoms with Gasteiger partial charge in [0.25, 0.3) is 0 Å². The molecule has 1 unspecified atom stereocenters. The van der Waals surface area contributed by atoms with Crippen LogP contribution in [0.5, 0.6) is 0 Å². The summed E-state index contributed by atoms with van der Waals surface area (Å²) in [5, 5.41) is 3.04. The molecule has 1 atom stereocenters. The van der Waals surface area contributed by atoms with Gasteiger partial charge in [0.15, 0.2) is 0 Å². The van der Waals surface area contributed by atoms with E-state index < -0.39 is 0 Å². The van der Waals surface area contributed by atoms with E-state index in [-0.39, 0.29) is 12.1 Å². The molecular weight excluding hydrogens is 188 g/mol. The SMILES string of the molecule is CCCN(CCC)C(=O)NC(C)C(C)C. The lowest BCUT2D eigenvalue weighted by Crippen LogP contribution is -2.46. The second-order valence-electron chi connectivity index (χ2n) is 4.47. The molecule has 0 aromatic heterocycles. The van der Waals surface area contributed by atoms with Crippen LogP contribution in [-0.4, -0.2) is 30.1 Å². The van der Waals surface area contributed by atoms with Crippen LogP contribution < -0.4 is 5.32 Å². The highest BCUT2D eigenvalue weighted by atomic mass is 16.2. The van der Waals surface area contributed by atoms with Crippen LogP contribution in [0.1, 0.15) is 47.5 Å². The summed E-state index contributed by atoms with van der Waals surface area (Å²) in [6.45, 7) is 12.2. The maximum atomic E-state index is 11.9. The zero-order chi connectivity index (χ0) is 11.8. The highest BCUT2D eigenvalue weighted by molar-refractivity contribution is 5.74. The Morgan fingerprint density at radius 2 is 1.60 bits per heavy atom. The molecular formula is C12H26N2O. The zero-order valence-corrected chi connectivity index (χ0v) is 10.8. The summed E-state index contributed by atoms with van der Waals surface area (Å²) in [5.74, 6) is 0.485. The van der Waals surface area contributed by atoms with Gasteiger partial charge in [0.05, 0.1) is 0 Å². The van der Waals surface area contributed by atoms with Gasteiger partial charge in [-0.1, -0.05) is 27.7 Å². The van der Waals surface area contributed by atoms with Crippen molar-refractivity contribution in [3.63, 3.8) is 0 Å². The first-order chi connectivity index (χ1) is 7.02. The minimum absolute atomic E-state index is 0.0832. The Labute approximate surface area is 94.2 Å². The highest BCUT2D eigenvalue weighted by Crippen LogP contribution is 2.02.